The molecule has 5 heteroatoms. The summed E-state index contributed by atoms with van der Waals surface area (Å²) in [5.74, 6) is 0.743. The number of hydrogen-bond acceptors (Lipinski definition) is 2. The standard InChI is InChI=1S/2C13H12O.Co.2H2O/c2*14-13-9-5-4-8-12(13)10-11-6-2-1-3-7-11;;;/h2*1-9,14H,10H2;;2*1H2. The number of benzene rings is 4. The first-order chi connectivity index (χ1) is 13.7. The van der Waals surface area contributed by atoms with E-state index < -0.39 is 0 Å². The van der Waals surface area contributed by atoms with Gasteiger partial charge in [-0.05, 0) is 34.4 Å². The summed E-state index contributed by atoms with van der Waals surface area (Å²) >= 11 is 0. The van der Waals surface area contributed by atoms with Crippen LogP contribution in [0.15, 0.2) is 109 Å². The average Bonchev–Trinajstić information content (AvgIpc) is 2.74. The van der Waals surface area contributed by atoms with Crippen molar-refractivity contribution < 1.29 is 37.9 Å². The molecule has 1 radical (unpaired) electrons. The summed E-state index contributed by atoms with van der Waals surface area (Å²) in [5, 5.41) is 19.1. The second-order valence-corrected chi connectivity index (χ2v) is 6.58. The normalized spacial score (nSPS) is 9.03. The maximum Gasteiger partial charge on any atom is 0.119 e. The zero-order valence-electron chi connectivity index (χ0n) is 17.0. The zero-order chi connectivity index (χ0) is 19.6. The second-order valence-electron chi connectivity index (χ2n) is 6.58. The van der Waals surface area contributed by atoms with Crippen molar-refractivity contribution in [2.45, 2.75) is 12.8 Å². The predicted molar refractivity (Wildman–Crippen MR) is 122 cm³/mol. The topological polar surface area (TPSA) is 103 Å². The molecule has 4 nitrogen and oxygen atoms in total. The van der Waals surface area contributed by atoms with Crippen LogP contribution in [0.1, 0.15) is 22.3 Å². The van der Waals surface area contributed by atoms with Crippen LogP contribution in [0.3, 0.4) is 0 Å². The smallest absolute Gasteiger partial charge is 0.119 e. The molecule has 165 valence electrons. The van der Waals surface area contributed by atoms with Gasteiger partial charge in [-0.2, -0.15) is 0 Å². The van der Waals surface area contributed by atoms with Crippen molar-refractivity contribution in [3.05, 3.63) is 131 Å². The van der Waals surface area contributed by atoms with Gasteiger partial charge in [-0.1, -0.05) is 97.1 Å². The van der Waals surface area contributed by atoms with E-state index in [2.05, 4.69) is 24.3 Å². The fourth-order valence-corrected chi connectivity index (χ4v) is 2.95. The number of phenols is 2. The summed E-state index contributed by atoms with van der Waals surface area (Å²) in [6.45, 7) is 0. The van der Waals surface area contributed by atoms with Crippen molar-refractivity contribution in [2.24, 2.45) is 0 Å². The maximum absolute atomic E-state index is 9.57. The van der Waals surface area contributed by atoms with E-state index in [0.717, 1.165) is 24.0 Å². The molecule has 4 aromatic rings. The third kappa shape index (κ3) is 9.07. The van der Waals surface area contributed by atoms with Crippen molar-refractivity contribution in [1.29, 1.82) is 0 Å². The van der Waals surface area contributed by atoms with Gasteiger partial charge >= 0.3 is 0 Å². The van der Waals surface area contributed by atoms with Gasteiger partial charge in [-0.15, -0.1) is 0 Å². The summed E-state index contributed by atoms with van der Waals surface area (Å²) in [4.78, 5) is 0. The largest absolute Gasteiger partial charge is 0.508 e. The molecule has 0 bridgehead atoms. The van der Waals surface area contributed by atoms with E-state index in [-0.39, 0.29) is 27.7 Å². The molecule has 0 saturated carbocycles. The van der Waals surface area contributed by atoms with E-state index in [1.165, 1.54) is 11.1 Å². The van der Waals surface area contributed by atoms with E-state index >= 15 is 0 Å². The number of hydrogen-bond donors (Lipinski definition) is 2. The Morgan fingerprint density at radius 1 is 0.419 bits per heavy atom. The molecule has 6 N–H and O–H groups in total. The molecule has 0 heterocycles. The van der Waals surface area contributed by atoms with E-state index in [1.807, 2.05) is 72.8 Å². The minimum atomic E-state index is 0. The van der Waals surface area contributed by atoms with Gasteiger partial charge in [0.15, 0.2) is 0 Å². The Morgan fingerprint density at radius 3 is 1.03 bits per heavy atom. The number of aromatic hydroxyl groups is 2. The molecule has 0 fully saturated rings. The van der Waals surface area contributed by atoms with Crippen LogP contribution in [0, 0.1) is 0 Å². The van der Waals surface area contributed by atoms with E-state index in [1.54, 1.807) is 12.1 Å². The first kappa shape index (κ1) is 27.9. The Labute approximate surface area is 193 Å². The van der Waals surface area contributed by atoms with Crippen LogP contribution in [0.25, 0.3) is 0 Å². The summed E-state index contributed by atoms with van der Waals surface area (Å²) < 4.78 is 0. The van der Waals surface area contributed by atoms with Crippen molar-refractivity contribution in [1.82, 2.24) is 0 Å². The van der Waals surface area contributed by atoms with Crippen molar-refractivity contribution in [3.63, 3.8) is 0 Å². The number of phenolic OH excluding ortho intramolecular Hbond substituents is 2. The summed E-state index contributed by atoms with van der Waals surface area (Å²) in [5.41, 5.74) is 4.38. The van der Waals surface area contributed by atoms with Gasteiger partial charge in [-0.3, -0.25) is 0 Å². The molecular formula is C26H28CoO4. The van der Waals surface area contributed by atoms with Crippen LogP contribution in [0.5, 0.6) is 11.5 Å². The summed E-state index contributed by atoms with van der Waals surface area (Å²) in [6.07, 6.45) is 1.57. The monoisotopic (exact) mass is 463 g/mol. The Morgan fingerprint density at radius 2 is 0.710 bits per heavy atom. The molecule has 0 saturated heterocycles. The molecule has 0 amide bonds. The van der Waals surface area contributed by atoms with Crippen LogP contribution < -0.4 is 0 Å². The van der Waals surface area contributed by atoms with Crippen LogP contribution in [0.2, 0.25) is 0 Å². The Bertz CT molecular complexity index is 909. The van der Waals surface area contributed by atoms with Crippen molar-refractivity contribution in [2.75, 3.05) is 0 Å². The second kappa shape index (κ2) is 14.8. The number of para-hydroxylation sites is 2. The first-order valence-electron chi connectivity index (χ1n) is 9.34. The Balaban J connectivity index is 0.000000529. The van der Waals surface area contributed by atoms with Gasteiger partial charge in [0.2, 0.25) is 0 Å². The predicted octanol–water partition coefficient (Wildman–Crippen LogP) is 4.31. The molecule has 4 rings (SSSR count). The summed E-state index contributed by atoms with van der Waals surface area (Å²) in [6, 6.07) is 35.2. The van der Waals surface area contributed by atoms with E-state index in [9.17, 15) is 10.2 Å². The van der Waals surface area contributed by atoms with Crippen molar-refractivity contribution >= 4 is 0 Å². The van der Waals surface area contributed by atoms with Gasteiger partial charge in [-0.25, -0.2) is 0 Å². The van der Waals surface area contributed by atoms with Gasteiger partial charge in [0.25, 0.3) is 0 Å². The molecule has 4 aromatic carbocycles. The molecule has 0 aliphatic rings. The van der Waals surface area contributed by atoms with Gasteiger partial charge in [0.1, 0.15) is 11.5 Å². The van der Waals surface area contributed by atoms with Gasteiger partial charge in [0, 0.05) is 29.6 Å². The van der Waals surface area contributed by atoms with Gasteiger partial charge in [0.05, 0.1) is 0 Å². The number of rotatable bonds is 4. The Hall–Kier alpha value is -3.09. The zero-order valence-corrected chi connectivity index (χ0v) is 18.1. The molecule has 0 atom stereocenters. The van der Waals surface area contributed by atoms with Gasteiger partial charge < -0.3 is 21.2 Å². The minimum absolute atomic E-state index is 0. The fourth-order valence-electron chi connectivity index (χ4n) is 2.95. The fraction of sp³-hybridized carbons (Fsp3) is 0.0769. The van der Waals surface area contributed by atoms with E-state index in [4.69, 9.17) is 0 Å². The summed E-state index contributed by atoms with van der Waals surface area (Å²) in [7, 11) is 0. The molecule has 0 aromatic heterocycles. The average molecular weight is 463 g/mol. The maximum atomic E-state index is 9.57. The third-order valence-corrected chi connectivity index (χ3v) is 4.46. The Kier molecular flexibility index (Phi) is 13.3. The molecule has 0 aliphatic heterocycles. The van der Waals surface area contributed by atoms with Crippen LogP contribution in [-0.4, -0.2) is 21.2 Å². The first-order valence-corrected chi connectivity index (χ1v) is 9.34. The molecule has 31 heavy (non-hydrogen) atoms. The minimum Gasteiger partial charge on any atom is -0.508 e. The quantitative estimate of drug-likeness (QED) is 0.471. The SMILES string of the molecule is O.O.Oc1ccccc1Cc1ccccc1.Oc1ccccc1Cc1ccccc1.[Co]. The molecule has 0 unspecified atom stereocenters. The van der Waals surface area contributed by atoms with Crippen LogP contribution >= 0.6 is 0 Å². The third-order valence-electron chi connectivity index (χ3n) is 4.46. The van der Waals surface area contributed by atoms with Crippen LogP contribution in [-0.2, 0) is 29.6 Å². The van der Waals surface area contributed by atoms with Crippen molar-refractivity contribution in [3.8, 4) is 11.5 Å². The molecule has 0 aliphatic carbocycles. The molecule has 0 spiro atoms. The van der Waals surface area contributed by atoms with E-state index in [0.29, 0.717) is 11.5 Å². The molecular weight excluding hydrogens is 435 g/mol. The van der Waals surface area contributed by atoms with Crippen LogP contribution in [0.4, 0.5) is 0 Å².